The maximum absolute atomic E-state index is 5.42. The topological polar surface area (TPSA) is 88.7 Å². The van der Waals surface area contributed by atoms with Gasteiger partial charge in [-0.3, -0.25) is 0 Å². The summed E-state index contributed by atoms with van der Waals surface area (Å²) in [4.78, 5) is 8.63. The van der Waals surface area contributed by atoms with Crippen LogP contribution in [0.3, 0.4) is 0 Å². The minimum atomic E-state index is 0.577. The molecule has 3 rings (SSSR count). The number of nitrogens with zero attached hydrogens (tertiary/aromatic N) is 5. The second kappa shape index (κ2) is 13.1. The zero-order valence-corrected chi connectivity index (χ0v) is 19.4. The van der Waals surface area contributed by atoms with Gasteiger partial charge in [0.25, 0.3) is 0 Å². The van der Waals surface area contributed by atoms with Crippen LogP contribution in [0, 0.1) is 6.92 Å². The van der Waals surface area contributed by atoms with Gasteiger partial charge in [0, 0.05) is 43.6 Å². The van der Waals surface area contributed by atoms with E-state index in [0.717, 1.165) is 27.5 Å². The molecule has 0 radical (unpaired) electrons. The summed E-state index contributed by atoms with van der Waals surface area (Å²) in [5.41, 5.74) is 6.11. The number of fused-ring (bicyclic) bond motifs is 1. The van der Waals surface area contributed by atoms with E-state index in [1.807, 2.05) is 51.4 Å². The number of hydrogen-bond acceptors (Lipinski definition) is 8. The van der Waals surface area contributed by atoms with Gasteiger partial charge in [0.2, 0.25) is 0 Å². The summed E-state index contributed by atoms with van der Waals surface area (Å²) >= 11 is 1.36. The molecule has 3 aromatic rings. The Kier molecular flexibility index (Phi) is 10.8. The molecule has 0 amide bonds. The van der Waals surface area contributed by atoms with Gasteiger partial charge < -0.3 is 19.9 Å². The van der Waals surface area contributed by atoms with Crippen LogP contribution in [0.25, 0.3) is 11.4 Å². The van der Waals surface area contributed by atoms with E-state index < -0.39 is 0 Å². The Hall–Kier alpha value is -3.20. The zero-order chi connectivity index (χ0) is 22.5. The maximum Gasteiger partial charge on any atom is 0.180 e. The second-order valence-corrected chi connectivity index (χ2v) is 6.50. The largest absolute Gasteiger partial charge is 0.492 e. The van der Waals surface area contributed by atoms with Crippen molar-refractivity contribution in [3.8, 4) is 0 Å². The molecule has 9 heteroatoms. The molecule has 0 saturated carbocycles. The maximum atomic E-state index is 5.42. The highest BCUT2D eigenvalue weighted by molar-refractivity contribution is 7.10. The minimum absolute atomic E-state index is 0.577. The fourth-order valence-corrected chi connectivity index (χ4v) is 2.98. The fraction of sp³-hybridized carbons (Fsp3) is 0.333. The molecule has 0 aliphatic heterocycles. The molecule has 0 aromatic carbocycles. The Morgan fingerprint density at radius 3 is 2.50 bits per heavy atom. The summed E-state index contributed by atoms with van der Waals surface area (Å²) in [6.45, 7) is 17.9. The molecule has 0 fully saturated rings. The molecule has 3 heterocycles. The second-order valence-electron chi connectivity index (χ2n) is 5.73. The van der Waals surface area contributed by atoms with Crippen LogP contribution in [0.5, 0.6) is 0 Å². The monoisotopic (exact) mass is 429 g/mol. The molecule has 8 nitrogen and oxygen atoms in total. The van der Waals surface area contributed by atoms with Crippen LogP contribution in [0.15, 0.2) is 48.6 Å². The highest BCUT2D eigenvalue weighted by atomic mass is 32.1. The third-order valence-electron chi connectivity index (χ3n) is 3.46. The third kappa shape index (κ3) is 7.00. The van der Waals surface area contributed by atoms with Gasteiger partial charge in [0.1, 0.15) is 16.5 Å². The number of imidazole rings is 1. The lowest BCUT2D eigenvalue weighted by Crippen LogP contribution is -1.98. The molecule has 3 aromatic heterocycles. The van der Waals surface area contributed by atoms with Crippen molar-refractivity contribution < 1.29 is 4.74 Å². The van der Waals surface area contributed by atoms with Crippen molar-refractivity contribution in [2.75, 3.05) is 19.0 Å². The predicted octanol–water partition coefficient (Wildman–Crippen LogP) is 5.04. The number of ether oxygens (including phenoxy) is 1. The summed E-state index contributed by atoms with van der Waals surface area (Å²) in [5, 5.41) is 7.89. The van der Waals surface area contributed by atoms with Crippen LogP contribution >= 0.6 is 11.5 Å². The van der Waals surface area contributed by atoms with Crippen molar-refractivity contribution in [3.63, 3.8) is 0 Å². The van der Waals surface area contributed by atoms with Crippen LogP contribution in [0.2, 0.25) is 0 Å². The van der Waals surface area contributed by atoms with Crippen molar-refractivity contribution in [1.82, 2.24) is 24.2 Å². The van der Waals surface area contributed by atoms with E-state index >= 15 is 0 Å². The van der Waals surface area contributed by atoms with Crippen molar-refractivity contribution in [3.05, 3.63) is 54.8 Å². The Labute approximate surface area is 182 Å². The predicted molar refractivity (Wildman–Crippen MR) is 127 cm³/mol. The lowest BCUT2D eigenvalue weighted by atomic mass is 10.2. The van der Waals surface area contributed by atoms with Crippen LogP contribution < -0.4 is 10.7 Å². The number of aromatic nitrogens is 4. The molecule has 0 unspecified atom stereocenters. The van der Waals surface area contributed by atoms with Gasteiger partial charge in [-0.05, 0) is 37.9 Å². The van der Waals surface area contributed by atoms with Crippen molar-refractivity contribution in [2.24, 2.45) is 5.10 Å². The molecule has 0 bridgehead atoms. The Bertz CT molecular complexity index is 975. The fourth-order valence-electron chi connectivity index (χ4n) is 2.18. The lowest BCUT2D eigenvalue weighted by molar-refractivity contribution is 0.298. The minimum Gasteiger partial charge on any atom is -0.492 e. The zero-order valence-electron chi connectivity index (χ0n) is 18.6. The van der Waals surface area contributed by atoms with E-state index in [2.05, 4.69) is 43.3 Å². The van der Waals surface area contributed by atoms with Crippen LogP contribution in [0.1, 0.15) is 39.0 Å². The first-order valence-corrected chi connectivity index (χ1v) is 10.4. The molecule has 0 aliphatic rings. The van der Waals surface area contributed by atoms with Crippen LogP contribution in [-0.4, -0.2) is 38.6 Å². The smallest absolute Gasteiger partial charge is 0.180 e. The number of anilines is 2. The highest BCUT2D eigenvalue weighted by Crippen LogP contribution is 2.31. The first kappa shape index (κ1) is 24.8. The van der Waals surface area contributed by atoms with E-state index in [1.165, 1.54) is 11.5 Å². The Morgan fingerprint density at radius 1 is 1.27 bits per heavy atom. The number of hydrogen-bond donors (Lipinski definition) is 2. The molecule has 162 valence electrons. The van der Waals surface area contributed by atoms with Gasteiger partial charge in [-0.2, -0.15) is 9.47 Å². The van der Waals surface area contributed by atoms with Gasteiger partial charge >= 0.3 is 0 Å². The van der Waals surface area contributed by atoms with Gasteiger partial charge in [-0.25, -0.2) is 9.97 Å². The average Bonchev–Trinajstić information content (AvgIpc) is 3.36. The molecule has 2 N–H and O–H groups in total. The van der Waals surface area contributed by atoms with Crippen molar-refractivity contribution in [2.45, 2.75) is 34.6 Å². The Morgan fingerprint density at radius 2 is 1.93 bits per heavy atom. The van der Waals surface area contributed by atoms with E-state index in [9.17, 15) is 0 Å². The van der Waals surface area contributed by atoms with Crippen molar-refractivity contribution >= 4 is 40.0 Å². The molecule has 0 spiro atoms. The van der Waals surface area contributed by atoms with E-state index in [4.69, 9.17) is 4.74 Å². The summed E-state index contributed by atoms with van der Waals surface area (Å²) < 4.78 is 11.7. The molecule has 0 atom stereocenters. The summed E-state index contributed by atoms with van der Waals surface area (Å²) in [6.07, 6.45) is 8.87. The first-order valence-electron chi connectivity index (χ1n) is 9.66. The number of allylic oxidation sites excluding steroid dienone is 1. The van der Waals surface area contributed by atoms with E-state index in [0.29, 0.717) is 18.2 Å². The summed E-state index contributed by atoms with van der Waals surface area (Å²) in [7, 11) is 1.75. The van der Waals surface area contributed by atoms with Crippen LogP contribution in [0.4, 0.5) is 10.8 Å². The number of hydrazone groups is 1. The van der Waals surface area contributed by atoms with E-state index in [-0.39, 0.29) is 0 Å². The first-order chi connectivity index (χ1) is 14.5. The quantitative estimate of drug-likeness (QED) is 0.311. The van der Waals surface area contributed by atoms with E-state index in [1.54, 1.807) is 25.7 Å². The molecular formula is C21H31N7OS. The van der Waals surface area contributed by atoms with Gasteiger partial charge in [-0.15, -0.1) is 0 Å². The average molecular weight is 430 g/mol. The highest BCUT2D eigenvalue weighted by Gasteiger charge is 2.15. The lowest BCUT2D eigenvalue weighted by Gasteiger charge is -2.07. The normalized spacial score (nSPS) is 9.93. The number of rotatable bonds is 7. The number of nitrogens with one attached hydrogen (secondary N) is 2. The molecular weight excluding hydrogens is 398 g/mol. The Balaban J connectivity index is 0.000000428. The third-order valence-corrected chi connectivity index (χ3v) is 4.33. The van der Waals surface area contributed by atoms with Crippen LogP contribution in [-0.2, 0) is 4.74 Å². The summed E-state index contributed by atoms with van der Waals surface area (Å²) in [6, 6.07) is 0. The SMILES string of the molecule is C=C(C)/C=N\NC.C=C(OCC)c1nsc(Nc2nccn3ccnc23)c1C.CC. The molecule has 0 aliphatic carbocycles. The van der Waals surface area contributed by atoms with Crippen molar-refractivity contribution in [1.29, 1.82) is 0 Å². The molecule has 0 saturated heterocycles. The van der Waals surface area contributed by atoms with Gasteiger partial charge in [0.05, 0.1) is 6.61 Å². The summed E-state index contributed by atoms with van der Waals surface area (Å²) in [5.74, 6) is 1.29. The van der Waals surface area contributed by atoms with Gasteiger partial charge in [-0.1, -0.05) is 27.0 Å². The van der Waals surface area contributed by atoms with Gasteiger partial charge in [0.15, 0.2) is 11.5 Å². The molecule has 30 heavy (non-hydrogen) atoms. The standard InChI is InChI=1S/C14H15N5OS.C5H10N2.C2H6/c1-4-20-10(3)11-9(2)14(21-18-11)17-12-13-16-6-8-19(13)7-5-15-12;1-5(2)4-7-6-3;1-2/h5-8H,3-4H2,1-2H3,(H,15,17);4,6H,1H2,2-3H3;1-2H3/b;7-4-;.